The van der Waals surface area contributed by atoms with Gasteiger partial charge in [-0.2, -0.15) is 0 Å². The molecule has 1 aromatic rings. The van der Waals surface area contributed by atoms with Crippen LogP contribution in [-0.2, 0) is 11.2 Å². The van der Waals surface area contributed by atoms with Crippen LogP contribution in [0.15, 0.2) is 18.2 Å². The van der Waals surface area contributed by atoms with Crippen LogP contribution in [0.2, 0.25) is 0 Å². The van der Waals surface area contributed by atoms with Crippen molar-refractivity contribution in [3.05, 3.63) is 29.3 Å². The first-order valence-electron chi connectivity index (χ1n) is 8.35. The lowest BCUT2D eigenvalue weighted by atomic mass is 10.0. The average Bonchev–Trinajstić information content (AvgIpc) is 2.53. The second kappa shape index (κ2) is 8.71. The van der Waals surface area contributed by atoms with Crippen LogP contribution in [0.5, 0.6) is 0 Å². The number of unbranched alkanes of at least 4 members (excludes halogenated alkanes) is 5. The molecule has 0 aromatic heterocycles. The highest BCUT2D eigenvalue weighted by atomic mass is 16.5. The van der Waals surface area contributed by atoms with Crippen molar-refractivity contribution in [3.63, 3.8) is 0 Å². The van der Waals surface area contributed by atoms with E-state index in [1.165, 1.54) is 31.2 Å². The van der Waals surface area contributed by atoms with E-state index < -0.39 is 0 Å². The molecule has 1 N–H and O–H groups in total. The Bertz CT molecular complexity index is 457. The predicted octanol–water partition coefficient (Wildman–Crippen LogP) is 4.56. The Hall–Kier alpha value is -1.51. The minimum atomic E-state index is -0.183. The van der Waals surface area contributed by atoms with Crippen molar-refractivity contribution in [2.24, 2.45) is 0 Å². The summed E-state index contributed by atoms with van der Waals surface area (Å²) in [5.74, 6) is -0.183. The topological polar surface area (TPSA) is 38.3 Å². The Balaban J connectivity index is 1.71. The van der Waals surface area contributed by atoms with Gasteiger partial charge >= 0.3 is 5.97 Å². The van der Waals surface area contributed by atoms with E-state index in [0.29, 0.717) is 12.2 Å². The lowest BCUT2D eigenvalue weighted by Gasteiger charge is -2.18. The van der Waals surface area contributed by atoms with Gasteiger partial charge in [0.1, 0.15) is 0 Å². The van der Waals surface area contributed by atoms with E-state index in [9.17, 15) is 4.79 Å². The summed E-state index contributed by atoms with van der Waals surface area (Å²) in [4.78, 5) is 12.0. The van der Waals surface area contributed by atoms with Crippen molar-refractivity contribution < 1.29 is 9.53 Å². The first-order chi connectivity index (χ1) is 10.3. The van der Waals surface area contributed by atoms with Crippen molar-refractivity contribution in [2.45, 2.75) is 58.3 Å². The molecule has 0 atom stereocenters. The van der Waals surface area contributed by atoms with E-state index in [1.54, 1.807) is 0 Å². The number of carbonyl (C=O) groups excluding carboxylic acids is 1. The van der Waals surface area contributed by atoms with Gasteiger partial charge in [-0.15, -0.1) is 0 Å². The molecule has 0 bridgehead atoms. The number of carbonyl (C=O) groups is 1. The second-order valence-electron chi connectivity index (χ2n) is 5.81. The van der Waals surface area contributed by atoms with Gasteiger partial charge in [0, 0.05) is 12.2 Å². The quantitative estimate of drug-likeness (QED) is 0.563. The highest BCUT2D eigenvalue weighted by Crippen LogP contribution is 2.23. The highest BCUT2D eigenvalue weighted by Gasteiger charge is 2.13. The van der Waals surface area contributed by atoms with Gasteiger partial charge in [-0.05, 0) is 43.0 Å². The van der Waals surface area contributed by atoms with Crippen LogP contribution in [0.4, 0.5) is 5.69 Å². The molecule has 0 spiro atoms. The normalized spacial score (nSPS) is 13.4. The van der Waals surface area contributed by atoms with Crippen LogP contribution in [0, 0.1) is 0 Å². The van der Waals surface area contributed by atoms with Crippen molar-refractivity contribution in [1.29, 1.82) is 0 Å². The van der Waals surface area contributed by atoms with E-state index in [0.717, 1.165) is 37.9 Å². The van der Waals surface area contributed by atoms with Crippen molar-refractivity contribution in [2.75, 3.05) is 18.5 Å². The summed E-state index contributed by atoms with van der Waals surface area (Å²) in [7, 11) is 0. The molecule has 3 nitrogen and oxygen atoms in total. The van der Waals surface area contributed by atoms with E-state index in [4.69, 9.17) is 4.74 Å². The summed E-state index contributed by atoms with van der Waals surface area (Å²) in [5.41, 5.74) is 3.08. The molecule has 0 aliphatic carbocycles. The minimum absolute atomic E-state index is 0.183. The zero-order chi connectivity index (χ0) is 14.9. The first kappa shape index (κ1) is 15.9. The molecule has 3 heteroatoms. The number of fused-ring (bicyclic) bond motifs is 1. The molecule has 1 aromatic carbocycles. The van der Waals surface area contributed by atoms with Gasteiger partial charge in [-0.3, -0.25) is 0 Å². The van der Waals surface area contributed by atoms with Crippen LogP contribution in [0.25, 0.3) is 0 Å². The maximum absolute atomic E-state index is 12.0. The molecule has 116 valence electrons. The lowest BCUT2D eigenvalue weighted by molar-refractivity contribution is 0.0497. The van der Waals surface area contributed by atoms with Gasteiger partial charge in [0.2, 0.25) is 0 Å². The summed E-state index contributed by atoms with van der Waals surface area (Å²) in [5, 5.41) is 3.35. The van der Waals surface area contributed by atoms with Gasteiger partial charge in [-0.1, -0.05) is 39.0 Å². The van der Waals surface area contributed by atoms with Crippen LogP contribution < -0.4 is 5.32 Å². The summed E-state index contributed by atoms with van der Waals surface area (Å²) < 4.78 is 5.37. The Morgan fingerprint density at radius 1 is 1.19 bits per heavy atom. The number of aryl methyl sites for hydroxylation is 1. The lowest BCUT2D eigenvalue weighted by Crippen LogP contribution is -2.13. The number of rotatable bonds is 8. The van der Waals surface area contributed by atoms with E-state index in [-0.39, 0.29) is 5.97 Å². The Kier molecular flexibility index (Phi) is 6.58. The number of hydrogen-bond donors (Lipinski definition) is 1. The van der Waals surface area contributed by atoms with Gasteiger partial charge in [0.15, 0.2) is 0 Å². The standard InChI is InChI=1S/C18H27NO2/c1-2-3-4-5-6-7-13-21-18(20)16-10-11-17-15(14-16)9-8-12-19-17/h10-11,14,19H,2-9,12-13H2,1H3. The van der Waals surface area contributed by atoms with Crippen molar-refractivity contribution in [3.8, 4) is 0 Å². The largest absolute Gasteiger partial charge is 0.462 e. The molecule has 1 aliphatic heterocycles. The first-order valence-corrected chi connectivity index (χ1v) is 8.35. The van der Waals surface area contributed by atoms with Crippen molar-refractivity contribution >= 4 is 11.7 Å². The van der Waals surface area contributed by atoms with Gasteiger partial charge < -0.3 is 10.1 Å². The maximum atomic E-state index is 12.0. The zero-order valence-electron chi connectivity index (χ0n) is 13.1. The fourth-order valence-corrected chi connectivity index (χ4v) is 2.73. The molecule has 21 heavy (non-hydrogen) atoms. The number of ether oxygens (including phenoxy) is 1. The molecule has 0 amide bonds. The maximum Gasteiger partial charge on any atom is 0.338 e. The number of anilines is 1. The predicted molar refractivity (Wildman–Crippen MR) is 86.9 cm³/mol. The van der Waals surface area contributed by atoms with Crippen LogP contribution in [-0.4, -0.2) is 19.1 Å². The van der Waals surface area contributed by atoms with Gasteiger partial charge in [0.05, 0.1) is 12.2 Å². The Morgan fingerprint density at radius 3 is 2.86 bits per heavy atom. The zero-order valence-corrected chi connectivity index (χ0v) is 13.1. The molecule has 2 rings (SSSR count). The molecular formula is C18H27NO2. The number of benzene rings is 1. The monoisotopic (exact) mass is 289 g/mol. The number of nitrogens with one attached hydrogen (secondary N) is 1. The summed E-state index contributed by atoms with van der Waals surface area (Å²) in [6.07, 6.45) is 9.41. The number of esters is 1. The van der Waals surface area contributed by atoms with E-state index >= 15 is 0 Å². The summed E-state index contributed by atoms with van der Waals surface area (Å²) >= 11 is 0. The fourth-order valence-electron chi connectivity index (χ4n) is 2.73. The van der Waals surface area contributed by atoms with E-state index in [2.05, 4.69) is 12.2 Å². The average molecular weight is 289 g/mol. The molecule has 0 saturated carbocycles. The van der Waals surface area contributed by atoms with Crippen LogP contribution in [0.3, 0.4) is 0 Å². The fraction of sp³-hybridized carbons (Fsp3) is 0.611. The Morgan fingerprint density at radius 2 is 2.00 bits per heavy atom. The molecule has 1 heterocycles. The van der Waals surface area contributed by atoms with Gasteiger partial charge in [-0.25, -0.2) is 4.79 Å². The molecule has 0 saturated heterocycles. The summed E-state index contributed by atoms with van der Waals surface area (Å²) in [6.45, 7) is 3.78. The third-order valence-corrected chi connectivity index (χ3v) is 4.01. The Labute approximate surface area is 128 Å². The minimum Gasteiger partial charge on any atom is -0.462 e. The third kappa shape index (κ3) is 5.07. The molecule has 1 aliphatic rings. The van der Waals surface area contributed by atoms with Crippen LogP contribution in [0.1, 0.15) is 67.8 Å². The van der Waals surface area contributed by atoms with Gasteiger partial charge in [0.25, 0.3) is 0 Å². The molecular weight excluding hydrogens is 262 g/mol. The molecule has 0 radical (unpaired) electrons. The van der Waals surface area contributed by atoms with Crippen molar-refractivity contribution in [1.82, 2.24) is 0 Å². The second-order valence-corrected chi connectivity index (χ2v) is 5.81. The van der Waals surface area contributed by atoms with Crippen LogP contribution >= 0.6 is 0 Å². The molecule has 0 unspecified atom stereocenters. The summed E-state index contributed by atoms with van der Waals surface area (Å²) in [6, 6.07) is 5.83. The SMILES string of the molecule is CCCCCCCCOC(=O)c1ccc2c(c1)CCCN2. The third-order valence-electron chi connectivity index (χ3n) is 4.01. The highest BCUT2D eigenvalue weighted by molar-refractivity contribution is 5.90. The number of hydrogen-bond acceptors (Lipinski definition) is 3. The smallest absolute Gasteiger partial charge is 0.338 e. The van der Waals surface area contributed by atoms with E-state index in [1.807, 2.05) is 18.2 Å². The molecule has 0 fully saturated rings.